The number of halogens is 1. The largest absolute Gasteiger partial charge is 0.463 e. The van der Waals surface area contributed by atoms with E-state index in [9.17, 15) is 9.59 Å². The van der Waals surface area contributed by atoms with Gasteiger partial charge in [-0.05, 0) is 75.8 Å². The summed E-state index contributed by atoms with van der Waals surface area (Å²) in [7, 11) is 0. The number of allylic oxidation sites excluding steroid dienone is 1. The number of carbonyl (C=O) groups is 2. The average molecular weight is 450 g/mol. The van der Waals surface area contributed by atoms with Crippen LogP contribution in [-0.4, -0.2) is 42.3 Å². The molecule has 0 radical (unpaired) electrons. The third kappa shape index (κ3) is 4.43. The first-order valence-electron chi connectivity index (χ1n) is 9.79. The Bertz CT molecular complexity index is 801. The molecule has 1 fully saturated rings. The predicted octanol–water partition coefficient (Wildman–Crippen LogP) is 5.07. The lowest BCUT2D eigenvalue weighted by Gasteiger charge is -2.40. The third-order valence-electron chi connectivity index (χ3n) is 5.38. The van der Waals surface area contributed by atoms with Crippen molar-refractivity contribution in [2.45, 2.75) is 58.0 Å². The Labute approximate surface area is 175 Å². The van der Waals surface area contributed by atoms with E-state index >= 15 is 0 Å². The second-order valence-corrected chi connectivity index (χ2v) is 9.45. The number of nitrogens with zero attached hydrogens (tertiary/aromatic N) is 1. The SMILES string of the molecule is CCOC(=O)C=C1CC2(CCN(C(=O)OC(C)(C)C)CC2)c2cc(Br)ccc21. The van der Waals surface area contributed by atoms with E-state index in [0.29, 0.717) is 19.7 Å². The van der Waals surface area contributed by atoms with Gasteiger partial charge in [0.1, 0.15) is 5.60 Å². The van der Waals surface area contributed by atoms with Gasteiger partial charge in [-0.3, -0.25) is 0 Å². The van der Waals surface area contributed by atoms with Crippen LogP contribution in [0.2, 0.25) is 0 Å². The molecular formula is C22H28BrNO4. The Kier molecular flexibility index (Phi) is 5.89. The number of piperidine rings is 1. The van der Waals surface area contributed by atoms with Crippen molar-refractivity contribution in [2.75, 3.05) is 19.7 Å². The molecule has 0 saturated carbocycles. The maximum Gasteiger partial charge on any atom is 0.410 e. The molecule has 152 valence electrons. The molecule has 0 N–H and O–H groups in total. The number of carbonyl (C=O) groups excluding carboxylic acids is 2. The quantitative estimate of drug-likeness (QED) is 0.467. The Balaban J connectivity index is 1.83. The smallest absolute Gasteiger partial charge is 0.410 e. The van der Waals surface area contributed by atoms with Crippen molar-refractivity contribution in [3.8, 4) is 0 Å². The van der Waals surface area contributed by atoms with Crippen LogP contribution in [0.1, 0.15) is 58.1 Å². The molecule has 1 aromatic rings. The van der Waals surface area contributed by atoms with Crippen LogP contribution in [0.3, 0.4) is 0 Å². The number of ether oxygens (including phenoxy) is 2. The Morgan fingerprint density at radius 3 is 2.54 bits per heavy atom. The molecule has 0 unspecified atom stereocenters. The number of esters is 1. The zero-order chi connectivity index (χ0) is 20.5. The van der Waals surface area contributed by atoms with Crippen molar-refractivity contribution >= 4 is 33.6 Å². The maximum atomic E-state index is 12.4. The van der Waals surface area contributed by atoms with E-state index in [0.717, 1.165) is 34.9 Å². The highest BCUT2D eigenvalue weighted by atomic mass is 79.9. The fourth-order valence-electron chi connectivity index (χ4n) is 4.14. The van der Waals surface area contributed by atoms with Crippen molar-refractivity contribution in [1.82, 2.24) is 4.90 Å². The van der Waals surface area contributed by atoms with E-state index in [1.165, 1.54) is 5.56 Å². The molecule has 5 nitrogen and oxygen atoms in total. The predicted molar refractivity (Wildman–Crippen MR) is 112 cm³/mol. The first-order chi connectivity index (χ1) is 13.1. The molecule has 1 saturated heterocycles. The molecular weight excluding hydrogens is 422 g/mol. The highest BCUT2D eigenvalue weighted by molar-refractivity contribution is 9.10. The summed E-state index contributed by atoms with van der Waals surface area (Å²) in [5, 5.41) is 0. The number of likely N-dealkylation sites (tertiary alicyclic amines) is 1. The molecule has 28 heavy (non-hydrogen) atoms. The van der Waals surface area contributed by atoms with Crippen LogP contribution in [0.25, 0.3) is 5.57 Å². The van der Waals surface area contributed by atoms with Crippen molar-refractivity contribution < 1.29 is 19.1 Å². The van der Waals surface area contributed by atoms with Gasteiger partial charge < -0.3 is 14.4 Å². The second kappa shape index (κ2) is 7.90. The number of benzene rings is 1. The Morgan fingerprint density at radius 2 is 1.93 bits per heavy atom. The minimum absolute atomic E-state index is 0.0596. The summed E-state index contributed by atoms with van der Waals surface area (Å²) >= 11 is 3.58. The minimum atomic E-state index is -0.493. The van der Waals surface area contributed by atoms with Crippen LogP contribution >= 0.6 is 15.9 Å². The minimum Gasteiger partial charge on any atom is -0.463 e. The number of hydrogen-bond acceptors (Lipinski definition) is 4. The van der Waals surface area contributed by atoms with Crippen molar-refractivity contribution in [1.29, 1.82) is 0 Å². The highest BCUT2D eigenvalue weighted by Crippen LogP contribution is 2.52. The van der Waals surface area contributed by atoms with E-state index in [1.807, 2.05) is 33.8 Å². The molecule has 1 aromatic carbocycles. The van der Waals surface area contributed by atoms with Crippen LogP contribution in [0.5, 0.6) is 0 Å². The normalized spacial score (nSPS) is 19.6. The van der Waals surface area contributed by atoms with Gasteiger partial charge in [0.05, 0.1) is 6.61 Å². The number of amides is 1. The zero-order valence-corrected chi connectivity index (χ0v) is 18.6. The van der Waals surface area contributed by atoms with Gasteiger partial charge in [-0.2, -0.15) is 0 Å². The Morgan fingerprint density at radius 1 is 1.25 bits per heavy atom. The van der Waals surface area contributed by atoms with Gasteiger partial charge in [-0.15, -0.1) is 0 Å². The van der Waals surface area contributed by atoms with Crippen molar-refractivity contribution in [3.63, 3.8) is 0 Å². The summed E-state index contributed by atoms with van der Waals surface area (Å²) in [6.45, 7) is 9.12. The molecule has 1 heterocycles. The molecule has 2 aliphatic rings. The standard InChI is InChI=1S/C22H28BrNO4/c1-5-27-19(25)12-15-14-22(18-13-16(23)6-7-17(15)18)8-10-24(11-9-22)20(26)28-21(2,3)4/h6-7,12-13H,5,8-11,14H2,1-4H3. The van der Waals surface area contributed by atoms with Gasteiger partial charge in [-0.1, -0.05) is 22.0 Å². The monoisotopic (exact) mass is 449 g/mol. The number of rotatable bonds is 2. The van der Waals surface area contributed by atoms with E-state index in [1.54, 1.807) is 11.0 Å². The van der Waals surface area contributed by atoms with Gasteiger partial charge in [-0.25, -0.2) is 9.59 Å². The first kappa shape index (κ1) is 20.9. The number of fused-ring (bicyclic) bond motifs is 2. The maximum absolute atomic E-state index is 12.4. The summed E-state index contributed by atoms with van der Waals surface area (Å²) in [6.07, 6.45) is 3.86. The van der Waals surface area contributed by atoms with Gasteiger partial charge in [0.15, 0.2) is 0 Å². The molecule has 1 amide bonds. The summed E-state index contributed by atoms with van der Waals surface area (Å²) in [6, 6.07) is 6.23. The van der Waals surface area contributed by atoms with E-state index in [2.05, 4.69) is 28.1 Å². The van der Waals surface area contributed by atoms with Gasteiger partial charge in [0.25, 0.3) is 0 Å². The second-order valence-electron chi connectivity index (χ2n) is 8.54. The van der Waals surface area contributed by atoms with Gasteiger partial charge in [0.2, 0.25) is 0 Å². The fourth-order valence-corrected chi connectivity index (χ4v) is 4.50. The Hall–Kier alpha value is -1.82. The lowest BCUT2D eigenvalue weighted by Crippen LogP contribution is -2.46. The van der Waals surface area contributed by atoms with E-state index in [-0.39, 0.29) is 17.5 Å². The van der Waals surface area contributed by atoms with Gasteiger partial charge in [0, 0.05) is 29.1 Å². The topological polar surface area (TPSA) is 55.8 Å². The molecule has 3 rings (SSSR count). The summed E-state index contributed by atoms with van der Waals surface area (Å²) in [5.41, 5.74) is 2.83. The van der Waals surface area contributed by atoms with Crippen LogP contribution in [0.15, 0.2) is 28.7 Å². The van der Waals surface area contributed by atoms with E-state index < -0.39 is 5.60 Å². The van der Waals surface area contributed by atoms with Crippen LogP contribution in [0.4, 0.5) is 4.79 Å². The summed E-state index contributed by atoms with van der Waals surface area (Å²) in [4.78, 5) is 26.3. The lowest BCUT2D eigenvalue weighted by atomic mass is 9.73. The van der Waals surface area contributed by atoms with Crippen molar-refractivity contribution in [2.24, 2.45) is 0 Å². The van der Waals surface area contributed by atoms with Crippen LogP contribution in [0, 0.1) is 0 Å². The van der Waals surface area contributed by atoms with Crippen molar-refractivity contribution in [3.05, 3.63) is 39.9 Å². The average Bonchev–Trinajstić information content (AvgIpc) is 2.87. The summed E-state index contributed by atoms with van der Waals surface area (Å²) in [5.74, 6) is -0.297. The third-order valence-corrected chi connectivity index (χ3v) is 5.87. The first-order valence-corrected chi connectivity index (χ1v) is 10.6. The molecule has 1 spiro atoms. The van der Waals surface area contributed by atoms with Crippen LogP contribution in [-0.2, 0) is 19.7 Å². The summed E-state index contributed by atoms with van der Waals surface area (Å²) < 4.78 is 11.7. The highest BCUT2D eigenvalue weighted by Gasteiger charge is 2.44. The molecule has 1 aliphatic carbocycles. The zero-order valence-electron chi connectivity index (χ0n) is 17.0. The molecule has 0 bridgehead atoms. The number of hydrogen-bond donors (Lipinski definition) is 0. The van der Waals surface area contributed by atoms with Gasteiger partial charge >= 0.3 is 12.1 Å². The molecule has 0 atom stereocenters. The van der Waals surface area contributed by atoms with E-state index in [4.69, 9.17) is 9.47 Å². The fraction of sp³-hybridized carbons (Fsp3) is 0.545. The lowest BCUT2D eigenvalue weighted by molar-refractivity contribution is -0.137. The molecule has 6 heteroatoms. The van der Waals surface area contributed by atoms with Crippen LogP contribution < -0.4 is 0 Å². The molecule has 0 aromatic heterocycles. The molecule has 1 aliphatic heterocycles.